The van der Waals surface area contributed by atoms with Crippen molar-refractivity contribution in [3.8, 4) is 0 Å². The van der Waals surface area contributed by atoms with Gasteiger partial charge in [-0.25, -0.2) is 0 Å². The van der Waals surface area contributed by atoms with Gasteiger partial charge in [-0.3, -0.25) is 4.79 Å². The number of amides is 1. The summed E-state index contributed by atoms with van der Waals surface area (Å²) >= 11 is 6.81. The molecule has 0 saturated heterocycles. The predicted octanol–water partition coefficient (Wildman–Crippen LogP) is 4.38. The van der Waals surface area contributed by atoms with Crippen LogP contribution in [0.4, 0.5) is 0 Å². The Hall–Kier alpha value is -0.350. The highest BCUT2D eigenvalue weighted by Crippen LogP contribution is 2.30. The first kappa shape index (κ1) is 14.1. The number of halogens is 2. The van der Waals surface area contributed by atoms with Crippen LogP contribution in [0.3, 0.4) is 0 Å². The van der Waals surface area contributed by atoms with Gasteiger partial charge in [-0.05, 0) is 52.4 Å². The number of benzene rings is 1. The molecule has 1 N–H and O–H groups in total. The number of carbonyl (C=O) groups excluding carboxylic acids is 1. The van der Waals surface area contributed by atoms with Gasteiger partial charge in [-0.1, -0.05) is 35.7 Å². The summed E-state index contributed by atoms with van der Waals surface area (Å²) in [7, 11) is 0. The Bertz CT molecular complexity index is 447. The van der Waals surface area contributed by atoms with E-state index >= 15 is 0 Å². The average molecular weight is 375 g/mol. The summed E-state index contributed by atoms with van der Waals surface area (Å²) in [6.45, 7) is 3.07. The zero-order valence-electron chi connectivity index (χ0n) is 10.4. The summed E-state index contributed by atoms with van der Waals surface area (Å²) in [5, 5.41) is 3.05. The summed E-state index contributed by atoms with van der Waals surface area (Å²) in [5.41, 5.74) is 0.690. The first-order chi connectivity index (χ1) is 8.58. The van der Waals surface area contributed by atoms with Crippen molar-refractivity contribution in [1.82, 2.24) is 5.32 Å². The van der Waals surface area contributed by atoms with Gasteiger partial charge in [0.15, 0.2) is 0 Å². The van der Waals surface area contributed by atoms with E-state index in [2.05, 4.69) is 44.1 Å². The lowest BCUT2D eigenvalue weighted by atomic mass is 9.98. The fourth-order valence-corrected chi connectivity index (χ4v) is 3.30. The van der Waals surface area contributed by atoms with E-state index in [1.807, 2.05) is 18.2 Å². The van der Waals surface area contributed by atoms with Crippen molar-refractivity contribution < 1.29 is 4.79 Å². The van der Waals surface area contributed by atoms with Gasteiger partial charge >= 0.3 is 0 Å². The van der Waals surface area contributed by atoms with Crippen molar-refractivity contribution in [2.24, 2.45) is 11.8 Å². The molecule has 2 nitrogen and oxygen atoms in total. The van der Waals surface area contributed by atoms with Gasteiger partial charge in [0, 0.05) is 15.5 Å². The second-order valence-electron chi connectivity index (χ2n) is 5.00. The molecule has 2 rings (SSSR count). The molecule has 0 heterocycles. The summed E-state index contributed by atoms with van der Waals surface area (Å²) in [4.78, 5) is 12.1. The van der Waals surface area contributed by atoms with Crippen LogP contribution in [0.1, 0.15) is 36.5 Å². The van der Waals surface area contributed by atoms with Crippen LogP contribution in [-0.2, 0) is 0 Å². The van der Waals surface area contributed by atoms with Crippen LogP contribution in [0.2, 0.25) is 0 Å². The van der Waals surface area contributed by atoms with Gasteiger partial charge in [0.1, 0.15) is 0 Å². The van der Waals surface area contributed by atoms with Crippen LogP contribution < -0.4 is 5.32 Å². The average Bonchev–Trinajstić information content (AvgIpc) is 2.75. The van der Waals surface area contributed by atoms with Gasteiger partial charge in [-0.15, -0.1) is 0 Å². The molecule has 1 aliphatic rings. The maximum atomic E-state index is 12.1. The van der Waals surface area contributed by atoms with Crippen LogP contribution in [0, 0.1) is 11.8 Å². The van der Waals surface area contributed by atoms with E-state index in [1.165, 1.54) is 19.3 Å². The third-order valence-corrected chi connectivity index (χ3v) is 4.92. The van der Waals surface area contributed by atoms with E-state index in [4.69, 9.17) is 0 Å². The van der Waals surface area contributed by atoms with Crippen molar-refractivity contribution in [2.45, 2.75) is 26.2 Å². The molecule has 0 bridgehead atoms. The lowest BCUT2D eigenvalue weighted by molar-refractivity contribution is 0.0944. The molecule has 0 spiro atoms. The SMILES string of the molecule is CC1CCCC1CNC(=O)c1cc(Br)ccc1Br. The van der Waals surface area contributed by atoms with Crippen molar-refractivity contribution >= 4 is 37.8 Å². The third-order valence-electron chi connectivity index (χ3n) is 3.74. The fraction of sp³-hybridized carbons (Fsp3) is 0.500. The molecular weight excluding hydrogens is 358 g/mol. The Labute approximate surface area is 125 Å². The maximum Gasteiger partial charge on any atom is 0.252 e. The normalized spacial score (nSPS) is 23.1. The minimum Gasteiger partial charge on any atom is -0.352 e. The highest BCUT2D eigenvalue weighted by molar-refractivity contribution is 9.11. The summed E-state index contributed by atoms with van der Waals surface area (Å²) in [6, 6.07) is 5.65. The first-order valence-electron chi connectivity index (χ1n) is 6.31. The van der Waals surface area contributed by atoms with Crippen molar-refractivity contribution in [1.29, 1.82) is 0 Å². The van der Waals surface area contributed by atoms with Crippen molar-refractivity contribution in [2.75, 3.05) is 6.54 Å². The topological polar surface area (TPSA) is 29.1 Å². The lowest BCUT2D eigenvalue weighted by Gasteiger charge is -2.16. The molecule has 2 unspecified atom stereocenters. The quantitative estimate of drug-likeness (QED) is 0.835. The summed E-state index contributed by atoms with van der Waals surface area (Å²) in [5.74, 6) is 1.37. The fourth-order valence-electron chi connectivity index (χ4n) is 2.52. The number of rotatable bonds is 3. The van der Waals surface area contributed by atoms with E-state index in [-0.39, 0.29) is 5.91 Å². The molecule has 1 saturated carbocycles. The Morgan fingerprint density at radius 1 is 1.39 bits per heavy atom. The Kier molecular flexibility index (Phi) is 4.84. The highest BCUT2D eigenvalue weighted by Gasteiger charge is 2.23. The maximum absolute atomic E-state index is 12.1. The minimum atomic E-state index is 0.00211. The van der Waals surface area contributed by atoms with Crippen LogP contribution >= 0.6 is 31.9 Å². The molecule has 0 aromatic heterocycles. The van der Waals surface area contributed by atoms with Crippen molar-refractivity contribution in [3.63, 3.8) is 0 Å². The van der Waals surface area contributed by atoms with E-state index in [1.54, 1.807) is 0 Å². The second kappa shape index (κ2) is 6.20. The molecule has 1 aromatic carbocycles. The minimum absolute atomic E-state index is 0.00211. The highest BCUT2D eigenvalue weighted by atomic mass is 79.9. The van der Waals surface area contributed by atoms with Gasteiger partial charge in [-0.2, -0.15) is 0 Å². The van der Waals surface area contributed by atoms with Crippen LogP contribution in [0.5, 0.6) is 0 Å². The van der Waals surface area contributed by atoms with E-state index < -0.39 is 0 Å². The summed E-state index contributed by atoms with van der Waals surface area (Å²) < 4.78 is 1.76. The monoisotopic (exact) mass is 373 g/mol. The predicted molar refractivity (Wildman–Crippen MR) is 80.7 cm³/mol. The largest absolute Gasteiger partial charge is 0.352 e. The van der Waals surface area contributed by atoms with Gasteiger partial charge in [0.25, 0.3) is 5.91 Å². The van der Waals surface area contributed by atoms with Gasteiger partial charge in [0.05, 0.1) is 5.56 Å². The molecule has 1 amide bonds. The molecule has 2 atom stereocenters. The van der Waals surface area contributed by atoms with E-state index in [0.717, 1.165) is 21.4 Å². The number of hydrogen-bond donors (Lipinski definition) is 1. The standard InChI is InChI=1S/C14H17Br2NO/c1-9-3-2-4-10(9)8-17-14(18)12-7-11(15)5-6-13(12)16/h5-7,9-10H,2-4,8H2,1H3,(H,17,18). The van der Waals surface area contributed by atoms with Gasteiger partial charge in [0.2, 0.25) is 0 Å². The zero-order chi connectivity index (χ0) is 13.1. The molecule has 4 heteroatoms. The lowest BCUT2D eigenvalue weighted by Crippen LogP contribution is -2.30. The molecule has 1 fully saturated rings. The number of nitrogens with one attached hydrogen (secondary N) is 1. The Morgan fingerprint density at radius 3 is 2.83 bits per heavy atom. The smallest absolute Gasteiger partial charge is 0.252 e. The summed E-state index contributed by atoms with van der Waals surface area (Å²) in [6.07, 6.45) is 3.82. The first-order valence-corrected chi connectivity index (χ1v) is 7.90. The van der Waals surface area contributed by atoms with Crippen LogP contribution in [0.15, 0.2) is 27.1 Å². The van der Waals surface area contributed by atoms with Crippen LogP contribution in [0.25, 0.3) is 0 Å². The number of hydrogen-bond acceptors (Lipinski definition) is 1. The van der Waals surface area contributed by atoms with Crippen molar-refractivity contribution in [3.05, 3.63) is 32.7 Å². The van der Waals surface area contributed by atoms with E-state index in [9.17, 15) is 4.79 Å². The second-order valence-corrected chi connectivity index (χ2v) is 6.77. The Morgan fingerprint density at radius 2 is 2.17 bits per heavy atom. The zero-order valence-corrected chi connectivity index (χ0v) is 13.6. The molecule has 0 radical (unpaired) electrons. The molecule has 98 valence electrons. The molecule has 18 heavy (non-hydrogen) atoms. The van der Waals surface area contributed by atoms with Crippen LogP contribution in [-0.4, -0.2) is 12.5 Å². The molecule has 0 aliphatic heterocycles. The molecule has 1 aromatic rings. The third kappa shape index (κ3) is 3.35. The molecule has 1 aliphatic carbocycles. The van der Waals surface area contributed by atoms with Gasteiger partial charge < -0.3 is 5.32 Å². The number of carbonyl (C=O) groups is 1. The molecular formula is C14H17Br2NO. The Balaban J connectivity index is 1.97. The van der Waals surface area contributed by atoms with E-state index in [0.29, 0.717) is 11.5 Å².